The summed E-state index contributed by atoms with van der Waals surface area (Å²) in [6, 6.07) is 0.533. The molecular formula is C16H30N4O2S. The van der Waals surface area contributed by atoms with E-state index in [4.69, 9.17) is 5.73 Å². The molecule has 5 N–H and O–H groups in total. The van der Waals surface area contributed by atoms with Gasteiger partial charge in [0.25, 0.3) is 0 Å². The molecule has 0 aromatic carbocycles. The zero-order valence-corrected chi connectivity index (χ0v) is 14.6. The molecule has 0 aromatic rings. The van der Waals surface area contributed by atoms with Crippen LogP contribution >= 0.6 is 11.8 Å². The molecule has 23 heavy (non-hydrogen) atoms. The minimum atomic E-state index is -0.0314. The first-order valence-electron chi connectivity index (χ1n) is 8.86. The third-order valence-corrected chi connectivity index (χ3v) is 6.04. The molecule has 2 aliphatic heterocycles. The molecule has 0 aromatic heterocycles. The van der Waals surface area contributed by atoms with Gasteiger partial charge >= 0.3 is 6.03 Å². The fraction of sp³-hybridized carbons (Fsp3) is 0.875. The highest BCUT2D eigenvalue weighted by molar-refractivity contribution is 8.00. The maximum atomic E-state index is 11.8. The van der Waals surface area contributed by atoms with E-state index in [1.54, 1.807) is 0 Å². The van der Waals surface area contributed by atoms with Crippen LogP contribution in [0, 0.1) is 0 Å². The van der Waals surface area contributed by atoms with E-state index >= 15 is 0 Å². The van der Waals surface area contributed by atoms with Crippen molar-refractivity contribution < 1.29 is 9.59 Å². The van der Waals surface area contributed by atoms with Crippen LogP contribution in [0.2, 0.25) is 0 Å². The van der Waals surface area contributed by atoms with E-state index in [-0.39, 0.29) is 18.0 Å². The Labute approximate surface area is 143 Å². The molecule has 0 radical (unpaired) electrons. The van der Waals surface area contributed by atoms with Crippen LogP contribution in [0.4, 0.5) is 4.79 Å². The number of unbranched alkanes of at least 4 members (excludes halogenated alkanes) is 4. The molecule has 132 valence electrons. The number of hydrogen-bond donors (Lipinski definition) is 4. The van der Waals surface area contributed by atoms with Crippen molar-refractivity contribution >= 4 is 23.7 Å². The number of amides is 3. The van der Waals surface area contributed by atoms with Crippen LogP contribution in [0.5, 0.6) is 0 Å². The number of fused-ring (bicyclic) bond motifs is 1. The van der Waals surface area contributed by atoms with Crippen LogP contribution in [0.1, 0.15) is 51.4 Å². The molecule has 0 saturated carbocycles. The van der Waals surface area contributed by atoms with E-state index < -0.39 is 0 Å². The fourth-order valence-electron chi connectivity index (χ4n) is 3.21. The van der Waals surface area contributed by atoms with Gasteiger partial charge in [0, 0.05) is 24.0 Å². The Balaban J connectivity index is 1.46. The summed E-state index contributed by atoms with van der Waals surface area (Å²) in [7, 11) is 0. The summed E-state index contributed by atoms with van der Waals surface area (Å²) in [5, 5.41) is 9.44. The SMILES string of the molecule is NCCCCCCNC(=O)CCCC[C@H]1SC[C@@H]2NC(=O)N[C@@H]21. The standard InChI is InChI=1S/C16H30N4O2S/c17-9-5-1-2-6-10-18-14(21)8-4-3-7-13-15-12(11-23-13)19-16(22)20-15/h12-13,15H,1-11,17H2,(H,18,21)(H2,19,20,22)/t12-,13+,15-/m0/s1. The summed E-state index contributed by atoms with van der Waals surface area (Å²) in [4.78, 5) is 23.1. The van der Waals surface area contributed by atoms with Gasteiger partial charge in [-0.2, -0.15) is 11.8 Å². The smallest absolute Gasteiger partial charge is 0.315 e. The first-order valence-corrected chi connectivity index (χ1v) is 9.91. The summed E-state index contributed by atoms with van der Waals surface area (Å²) in [5.41, 5.74) is 5.44. The second-order valence-electron chi connectivity index (χ2n) is 6.42. The maximum Gasteiger partial charge on any atom is 0.315 e. The Bertz CT molecular complexity index is 394. The topological polar surface area (TPSA) is 96.2 Å². The van der Waals surface area contributed by atoms with Crippen molar-refractivity contribution in [2.75, 3.05) is 18.8 Å². The van der Waals surface area contributed by atoms with Crippen LogP contribution < -0.4 is 21.7 Å². The number of nitrogens with two attached hydrogens (primary N) is 1. The predicted octanol–water partition coefficient (Wildman–Crippen LogP) is 1.35. The normalized spacial score (nSPS) is 25.8. The lowest BCUT2D eigenvalue weighted by Crippen LogP contribution is -2.36. The molecule has 3 amide bonds. The summed E-state index contributed by atoms with van der Waals surface area (Å²) in [6.45, 7) is 1.54. The quantitative estimate of drug-likeness (QED) is 0.337. The lowest BCUT2D eigenvalue weighted by molar-refractivity contribution is -0.121. The Morgan fingerprint density at radius 2 is 2.00 bits per heavy atom. The predicted molar refractivity (Wildman–Crippen MR) is 94.5 cm³/mol. The van der Waals surface area contributed by atoms with Gasteiger partial charge in [0.05, 0.1) is 12.1 Å². The van der Waals surface area contributed by atoms with E-state index in [1.807, 2.05) is 11.8 Å². The van der Waals surface area contributed by atoms with Gasteiger partial charge in [-0.15, -0.1) is 0 Å². The number of carbonyl (C=O) groups is 2. The Morgan fingerprint density at radius 1 is 1.17 bits per heavy atom. The van der Waals surface area contributed by atoms with Gasteiger partial charge < -0.3 is 21.7 Å². The first kappa shape index (κ1) is 18.4. The fourth-order valence-corrected chi connectivity index (χ4v) is 4.76. The van der Waals surface area contributed by atoms with Crippen molar-refractivity contribution in [3.05, 3.63) is 0 Å². The lowest BCUT2D eigenvalue weighted by atomic mass is 10.0. The summed E-state index contributed by atoms with van der Waals surface area (Å²) >= 11 is 1.93. The Kier molecular flexibility index (Phi) is 8.02. The average Bonchev–Trinajstić information content (AvgIpc) is 3.07. The van der Waals surface area contributed by atoms with Crippen LogP contribution in [0.15, 0.2) is 0 Å². The molecular weight excluding hydrogens is 312 g/mol. The molecule has 3 atom stereocenters. The zero-order chi connectivity index (χ0) is 16.5. The molecule has 2 heterocycles. The molecule has 7 heteroatoms. The third-order valence-electron chi connectivity index (χ3n) is 4.53. The van der Waals surface area contributed by atoms with Crippen LogP contribution in [-0.4, -0.2) is 48.1 Å². The number of hydrogen-bond acceptors (Lipinski definition) is 4. The van der Waals surface area contributed by atoms with E-state index in [0.29, 0.717) is 17.7 Å². The number of thioether (sulfide) groups is 1. The minimum absolute atomic E-state index is 0.0314. The van der Waals surface area contributed by atoms with Crippen LogP contribution in [0.25, 0.3) is 0 Å². The van der Waals surface area contributed by atoms with Crippen LogP contribution in [0.3, 0.4) is 0 Å². The van der Waals surface area contributed by atoms with E-state index in [1.165, 1.54) is 0 Å². The number of urea groups is 1. The van der Waals surface area contributed by atoms with Gasteiger partial charge in [-0.3, -0.25) is 4.79 Å². The molecule has 2 aliphatic rings. The van der Waals surface area contributed by atoms with Gasteiger partial charge in [0.15, 0.2) is 0 Å². The summed E-state index contributed by atoms with van der Waals surface area (Å²) < 4.78 is 0. The van der Waals surface area contributed by atoms with Gasteiger partial charge in [0.2, 0.25) is 5.91 Å². The number of rotatable bonds is 11. The van der Waals surface area contributed by atoms with Crippen molar-refractivity contribution in [3.8, 4) is 0 Å². The second-order valence-corrected chi connectivity index (χ2v) is 7.69. The first-order chi connectivity index (χ1) is 11.2. The Hall–Kier alpha value is -0.950. The molecule has 0 bridgehead atoms. The highest BCUT2D eigenvalue weighted by Gasteiger charge is 2.42. The maximum absolute atomic E-state index is 11.8. The Morgan fingerprint density at radius 3 is 2.83 bits per heavy atom. The largest absolute Gasteiger partial charge is 0.356 e. The zero-order valence-electron chi connectivity index (χ0n) is 13.8. The monoisotopic (exact) mass is 342 g/mol. The highest BCUT2D eigenvalue weighted by atomic mass is 32.2. The van der Waals surface area contributed by atoms with E-state index in [9.17, 15) is 9.59 Å². The van der Waals surface area contributed by atoms with E-state index in [0.717, 1.165) is 63.8 Å². The molecule has 6 nitrogen and oxygen atoms in total. The molecule has 0 aliphatic carbocycles. The molecule has 2 rings (SSSR count). The van der Waals surface area contributed by atoms with Crippen molar-refractivity contribution in [3.63, 3.8) is 0 Å². The van der Waals surface area contributed by atoms with Gasteiger partial charge in [0.1, 0.15) is 0 Å². The molecule has 2 saturated heterocycles. The van der Waals surface area contributed by atoms with E-state index in [2.05, 4.69) is 16.0 Å². The molecule has 0 unspecified atom stereocenters. The van der Waals surface area contributed by atoms with Gasteiger partial charge in [-0.25, -0.2) is 4.79 Å². The molecule has 2 fully saturated rings. The summed E-state index contributed by atoms with van der Waals surface area (Å²) in [5.74, 6) is 1.16. The van der Waals surface area contributed by atoms with Gasteiger partial charge in [-0.1, -0.05) is 19.3 Å². The van der Waals surface area contributed by atoms with Crippen LogP contribution in [-0.2, 0) is 4.79 Å². The lowest BCUT2D eigenvalue weighted by Gasteiger charge is -2.16. The summed E-state index contributed by atoms with van der Waals surface area (Å²) in [6.07, 6.45) is 8.05. The third kappa shape index (κ3) is 6.22. The van der Waals surface area contributed by atoms with Crippen molar-refractivity contribution in [2.45, 2.75) is 68.7 Å². The second kappa shape index (κ2) is 10.0. The van der Waals surface area contributed by atoms with Gasteiger partial charge in [-0.05, 0) is 32.2 Å². The number of nitrogens with one attached hydrogen (secondary N) is 3. The number of carbonyl (C=O) groups excluding carboxylic acids is 2. The molecule has 0 spiro atoms. The highest BCUT2D eigenvalue weighted by Crippen LogP contribution is 2.33. The van der Waals surface area contributed by atoms with Crippen molar-refractivity contribution in [2.24, 2.45) is 5.73 Å². The van der Waals surface area contributed by atoms with Crippen molar-refractivity contribution in [1.29, 1.82) is 0 Å². The minimum Gasteiger partial charge on any atom is -0.356 e. The van der Waals surface area contributed by atoms with Crippen molar-refractivity contribution in [1.82, 2.24) is 16.0 Å². The average molecular weight is 343 g/mol.